The van der Waals surface area contributed by atoms with E-state index in [9.17, 15) is 4.39 Å². The fourth-order valence-electron chi connectivity index (χ4n) is 2.89. The Bertz CT molecular complexity index is 419. The number of nitrogens with zero attached hydrogens (tertiary/aromatic N) is 1. The zero-order valence-corrected chi connectivity index (χ0v) is 12.2. The number of methoxy groups -OCH3 is 1. The van der Waals surface area contributed by atoms with Crippen molar-refractivity contribution >= 4 is 0 Å². The van der Waals surface area contributed by atoms with Crippen LogP contribution in [0, 0.1) is 17.7 Å². The van der Waals surface area contributed by atoms with E-state index in [1.54, 1.807) is 13.2 Å². The second kappa shape index (κ2) is 6.38. The van der Waals surface area contributed by atoms with Crippen LogP contribution >= 0.6 is 0 Å². The molecule has 1 fully saturated rings. The number of benzene rings is 1. The topological polar surface area (TPSA) is 12.5 Å². The smallest absolute Gasteiger partial charge is 0.131 e. The van der Waals surface area contributed by atoms with Crippen molar-refractivity contribution in [3.05, 3.63) is 29.6 Å². The molecular weight excluding hydrogens is 241 g/mol. The lowest BCUT2D eigenvalue weighted by molar-refractivity contribution is 0.137. The van der Waals surface area contributed by atoms with E-state index in [0.717, 1.165) is 19.0 Å². The monoisotopic (exact) mass is 265 g/mol. The summed E-state index contributed by atoms with van der Waals surface area (Å²) < 4.78 is 19.2. The lowest BCUT2D eigenvalue weighted by Gasteiger charge is -2.35. The van der Waals surface area contributed by atoms with E-state index in [-0.39, 0.29) is 5.82 Å². The van der Waals surface area contributed by atoms with Gasteiger partial charge in [-0.1, -0.05) is 19.9 Å². The molecule has 1 atom stereocenters. The fraction of sp³-hybridized carbons (Fsp3) is 0.625. The number of halogens is 1. The second-order valence-corrected chi connectivity index (χ2v) is 5.80. The molecule has 106 valence electrons. The Kier molecular flexibility index (Phi) is 4.81. The lowest BCUT2D eigenvalue weighted by Crippen LogP contribution is -2.37. The zero-order valence-electron chi connectivity index (χ0n) is 12.2. The van der Waals surface area contributed by atoms with Crippen LogP contribution < -0.4 is 4.74 Å². The van der Waals surface area contributed by atoms with Gasteiger partial charge < -0.3 is 4.74 Å². The predicted molar refractivity (Wildman–Crippen MR) is 75.8 cm³/mol. The summed E-state index contributed by atoms with van der Waals surface area (Å²) in [5, 5.41) is 0. The molecule has 0 N–H and O–H groups in total. The number of hydrogen-bond donors (Lipinski definition) is 0. The average molecular weight is 265 g/mol. The van der Waals surface area contributed by atoms with E-state index < -0.39 is 0 Å². The molecule has 1 aliphatic heterocycles. The standard InChI is InChI=1S/C16H24FNO/c1-12(2)13-6-5-9-18(10-13)11-14-15(17)7-4-8-16(14)19-3/h4,7-8,12-13H,5-6,9-11H2,1-3H3. The minimum Gasteiger partial charge on any atom is -0.496 e. The van der Waals surface area contributed by atoms with Crippen LogP contribution in [-0.4, -0.2) is 25.1 Å². The van der Waals surface area contributed by atoms with E-state index in [1.165, 1.54) is 18.9 Å². The number of piperidine rings is 1. The number of likely N-dealkylation sites (tertiary alicyclic amines) is 1. The number of rotatable bonds is 4. The number of hydrogen-bond acceptors (Lipinski definition) is 2. The van der Waals surface area contributed by atoms with Gasteiger partial charge in [-0.05, 0) is 43.4 Å². The third kappa shape index (κ3) is 3.47. The minimum atomic E-state index is -0.161. The van der Waals surface area contributed by atoms with E-state index in [1.807, 2.05) is 6.07 Å². The third-order valence-corrected chi connectivity index (χ3v) is 4.16. The summed E-state index contributed by atoms with van der Waals surface area (Å²) in [6, 6.07) is 5.05. The largest absolute Gasteiger partial charge is 0.496 e. The van der Waals surface area contributed by atoms with Gasteiger partial charge in [-0.15, -0.1) is 0 Å². The Hall–Kier alpha value is -1.09. The summed E-state index contributed by atoms with van der Waals surface area (Å²) in [6.07, 6.45) is 2.50. The highest BCUT2D eigenvalue weighted by molar-refractivity contribution is 5.34. The highest BCUT2D eigenvalue weighted by atomic mass is 19.1. The molecule has 2 rings (SSSR count). The van der Waals surface area contributed by atoms with Crippen LogP contribution in [0.4, 0.5) is 4.39 Å². The molecule has 1 aromatic carbocycles. The maximum Gasteiger partial charge on any atom is 0.131 e. The molecule has 1 unspecified atom stereocenters. The van der Waals surface area contributed by atoms with Crippen LogP contribution in [-0.2, 0) is 6.54 Å². The molecule has 0 bridgehead atoms. The maximum absolute atomic E-state index is 13.9. The SMILES string of the molecule is COc1cccc(F)c1CN1CCCC(C(C)C)C1. The molecular formula is C16H24FNO. The van der Waals surface area contributed by atoms with Gasteiger partial charge in [0.1, 0.15) is 11.6 Å². The normalized spacial score (nSPS) is 20.8. The fourth-order valence-corrected chi connectivity index (χ4v) is 2.89. The van der Waals surface area contributed by atoms with Gasteiger partial charge in [-0.2, -0.15) is 0 Å². The highest BCUT2D eigenvalue weighted by Gasteiger charge is 2.23. The summed E-state index contributed by atoms with van der Waals surface area (Å²) in [4.78, 5) is 2.36. The van der Waals surface area contributed by atoms with Gasteiger partial charge in [-0.3, -0.25) is 4.90 Å². The molecule has 0 amide bonds. The van der Waals surface area contributed by atoms with Gasteiger partial charge in [0.05, 0.1) is 7.11 Å². The van der Waals surface area contributed by atoms with Crippen molar-refractivity contribution in [1.29, 1.82) is 0 Å². The van der Waals surface area contributed by atoms with Crippen LogP contribution in [0.1, 0.15) is 32.3 Å². The summed E-state index contributed by atoms with van der Waals surface area (Å²) in [5.41, 5.74) is 0.689. The predicted octanol–water partition coefficient (Wildman–Crippen LogP) is 3.70. The molecule has 0 saturated carbocycles. The second-order valence-electron chi connectivity index (χ2n) is 5.80. The molecule has 2 nitrogen and oxygen atoms in total. The van der Waals surface area contributed by atoms with Crippen LogP contribution in [0.5, 0.6) is 5.75 Å². The lowest BCUT2D eigenvalue weighted by atomic mass is 9.88. The molecule has 3 heteroatoms. The van der Waals surface area contributed by atoms with Crippen LogP contribution in [0.25, 0.3) is 0 Å². The summed E-state index contributed by atoms with van der Waals surface area (Å²) in [6.45, 7) is 7.32. The van der Waals surface area contributed by atoms with E-state index in [4.69, 9.17) is 4.74 Å². The van der Waals surface area contributed by atoms with E-state index >= 15 is 0 Å². The van der Waals surface area contributed by atoms with Gasteiger partial charge in [0.2, 0.25) is 0 Å². The molecule has 1 heterocycles. The summed E-state index contributed by atoms with van der Waals surface area (Å²) in [5.74, 6) is 1.93. The number of ether oxygens (including phenoxy) is 1. The Morgan fingerprint density at radius 1 is 1.42 bits per heavy atom. The van der Waals surface area contributed by atoms with Gasteiger partial charge in [0.15, 0.2) is 0 Å². The third-order valence-electron chi connectivity index (χ3n) is 4.16. The van der Waals surface area contributed by atoms with Gasteiger partial charge in [-0.25, -0.2) is 4.39 Å². The molecule has 19 heavy (non-hydrogen) atoms. The molecule has 0 aromatic heterocycles. The first-order chi connectivity index (χ1) is 9.11. The van der Waals surface area contributed by atoms with Crippen molar-refractivity contribution in [3.8, 4) is 5.75 Å². The molecule has 1 aromatic rings. The Balaban J connectivity index is 2.08. The molecule has 0 aliphatic carbocycles. The van der Waals surface area contributed by atoms with E-state index in [0.29, 0.717) is 23.8 Å². The minimum absolute atomic E-state index is 0.161. The van der Waals surface area contributed by atoms with E-state index in [2.05, 4.69) is 18.7 Å². The first-order valence-electron chi connectivity index (χ1n) is 7.15. The first kappa shape index (κ1) is 14.3. The average Bonchev–Trinajstić information content (AvgIpc) is 2.41. The first-order valence-corrected chi connectivity index (χ1v) is 7.15. The molecule has 1 aliphatic rings. The van der Waals surface area contributed by atoms with Crippen molar-refractivity contribution < 1.29 is 9.13 Å². The molecule has 0 spiro atoms. The van der Waals surface area contributed by atoms with Crippen molar-refractivity contribution in [2.45, 2.75) is 33.2 Å². The van der Waals surface area contributed by atoms with Crippen molar-refractivity contribution in [2.75, 3.05) is 20.2 Å². The Labute approximate surface area is 115 Å². The van der Waals surface area contributed by atoms with Crippen molar-refractivity contribution in [1.82, 2.24) is 4.90 Å². The molecule has 0 radical (unpaired) electrons. The van der Waals surface area contributed by atoms with Crippen LogP contribution in [0.2, 0.25) is 0 Å². The van der Waals surface area contributed by atoms with Gasteiger partial charge in [0.25, 0.3) is 0 Å². The quantitative estimate of drug-likeness (QED) is 0.823. The maximum atomic E-state index is 13.9. The van der Waals surface area contributed by atoms with Gasteiger partial charge >= 0.3 is 0 Å². The van der Waals surface area contributed by atoms with Crippen molar-refractivity contribution in [3.63, 3.8) is 0 Å². The Morgan fingerprint density at radius 2 is 2.21 bits per heavy atom. The highest BCUT2D eigenvalue weighted by Crippen LogP contribution is 2.28. The molecule has 1 saturated heterocycles. The zero-order chi connectivity index (χ0) is 13.8. The van der Waals surface area contributed by atoms with Crippen LogP contribution in [0.3, 0.4) is 0 Å². The summed E-state index contributed by atoms with van der Waals surface area (Å²) >= 11 is 0. The van der Waals surface area contributed by atoms with Gasteiger partial charge in [0, 0.05) is 18.7 Å². The summed E-state index contributed by atoms with van der Waals surface area (Å²) in [7, 11) is 1.60. The van der Waals surface area contributed by atoms with Crippen molar-refractivity contribution in [2.24, 2.45) is 11.8 Å². The van der Waals surface area contributed by atoms with Crippen LogP contribution in [0.15, 0.2) is 18.2 Å². The Morgan fingerprint density at radius 3 is 2.89 bits per heavy atom.